The topological polar surface area (TPSA) is 63.5 Å². The van der Waals surface area contributed by atoms with Gasteiger partial charge in [0.05, 0.1) is 20.5 Å². The van der Waals surface area contributed by atoms with Crippen LogP contribution in [0.25, 0.3) is 0 Å². The fraction of sp³-hybridized carbons (Fsp3) is 0.417. The van der Waals surface area contributed by atoms with Crippen molar-refractivity contribution in [1.29, 1.82) is 0 Å². The molecule has 1 aliphatic rings. The number of hydrogen-bond donors (Lipinski definition) is 0. The van der Waals surface area contributed by atoms with Crippen LogP contribution in [0.1, 0.15) is 30.1 Å². The van der Waals surface area contributed by atoms with Crippen LogP contribution >= 0.6 is 23.2 Å². The highest BCUT2D eigenvalue weighted by Crippen LogP contribution is 2.34. The number of carbonyl (C=O) groups is 1. The van der Waals surface area contributed by atoms with E-state index >= 15 is 0 Å². The summed E-state index contributed by atoms with van der Waals surface area (Å²) in [5.41, 5.74) is -0.140. The van der Waals surface area contributed by atoms with Gasteiger partial charge in [-0.3, -0.25) is 14.9 Å². The maximum absolute atomic E-state index is 12.4. The van der Waals surface area contributed by atoms with Crippen LogP contribution in [-0.4, -0.2) is 28.3 Å². The van der Waals surface area contributed by atoms with Gasteiger partial charge in [0.15, 0.2) is 0 Å². The van der Waals surface area contributed by atoms with Crippen LogP contribution in [0.15, 0.2) is 12.1 Å². The van der Waals surface area contributed by atoms with Gasteiger partial charge in [0.2, 0.25) is 0 Å². The molecule has 5 nitrogen and oxygen atoms in total. The molecular weight excluding hydrogens is 291 g/mol. The summed E-state index contributed by atoms with van der Waals surface area (Å²) in [7, 11) is 0. The molecule has 2 rings (SSSR count). The molecule has 1 aliphatic carbocycles. The van der Waals surface area contributed by atoms with E-state index in [1.165, 1.54) is 6.07 Å². The minimum atomic E-state index is -0.591. The van der Waals surface area contributed by atoms with Crippen molar-refractivity contribution in [2.24, 2.45) is 0 Å². The summed E-state index contributed by atoms with van der Waals surface area (Å²) in [6, 6.07) is 2.54. The van der Waals surface area contributed by atoms with E-state index in [2.05, 4.69) is 0 Å². The van der Waals surface area contributed by atoms with Crippen molar-refractivity contribution < 1.29 is 9.72 Å². The van der Waals surface area contributed by atoms with Crippen LogP contribution in [0.5, 0.6) is 0 Å². The summed E-state index contributed by atoms with van der Waals surface area (Å²) in [5.74, 6) is -0.305. The Balaban J connectivity index is 2.42. The Morgan fingerprint density at radius 2 is 2.11 bits per heavy atom. The third-order valence-electron chi connectivity index (χ3n) is 3.04. The van der Waals surface area contributed by atoms with E-state index in [-0.39, 0.29) is 33.2 Å². The Morgan fingerprint density at radius 3 is 2.58 bits per heavy atom. The molecule has 0 heterocycles. The lowest BCUT2D eigenvalue weighted by molar-refractivity contribution is -0.384. The number of nitrogens with zero attached hydrogens (tertiary/aromatic N) is 2. The normalized spacial score (nSPS) is 14.3. The first-order valence-corrected chi connectivity index (χ1v) is 6.65. The van der Waals surface area contributed by atoms with Gasteiger partial charge in [-0.05, 0) is 19.8 Å². The molecule has 19 heavy (non-hydrogen) atoms. The summed E-state index contributed by atoms with van der Waals surface area (Å²) < 4.78 is 0. The van der Waals surface area contributed by atoms with Crippen LogP contribution in [0.3, 0.4) is 0 Å². The molecule has 1 fully saturated rings. The fourth-order valence-corrected chi connectivity index (χ4v) is 2.35. The van der Waals surface area contributed by atoms with E-state index in [9.17, 15) is 14.9 Å². The second-order valence-corrected chi connectivity index (χ2v) is 5.15. The molecule has 0 aromatic heterocycles. The van der Waals surface area contributed by atoms with Crippen molar-refractivity contribution in [2.75, 3.05) is 6.54 Å². The van der Waals surface area contributed by atoms with E-state index in [4.69, 9.17) is 23.2 Å². The lowest BCUT2D eigenvalue weighted by Gasteiger charge is -2.21. The molecule has 1 amide bonds. The number of nitro benzene ring substituents is 1. The quantitative estimate of drug-likeness (QED) is 0.631. The van der Waals surface area contributed by atoms with Gasteiger partial charge < -0.3 is 4.90 Å². The van der Waals surface area contributed by atoms with Crippen molar-refractivity contribution in [1.82, 2.24) is 4.90 Å². The molecule has 0 saturated heterocycles. The first kappa shape index (κ1) is 14.1. The van der Waals surface area contributed by atoms with Crippen LogP contribution < -0.4 is 0 Å². The predicted octanol–water partition coefficient (Wildman–Crippen LogP) is 3.53. The summed E-state index contributed by atoms with van der Waals surface area (Å²) in [6.07, 6.45) is 1.92. The summed E-state index contributed by atoms with van der Waals surface area (Å²) in [4.78, 5) is 24.2. The number of carbonyl (C=O) groups excluding carboxylic acids is 1. The number of hydrogen-bond acceptors (Lipinski definition) is 3. The standard InChI is InChI=1S/C12H12Cl2N2O3/c1-2-15(7-3-4-7)12(17)9-5-8(16(18)19)6-10(13)11(9)14/h5-7H,2-4H2,1H3. The van der Waals surface area contributed by atoms with Crippen molar-refractivity contribution in [2.45, 2.75) is 25.8 Å². The maximum atomic E-state index is 12.4. The van der Waals surface area contributed by atoms with Crippen molar-refractivity contribution >= 4 is 34.8 Å². The summed E-state index contributed by atoms with van der Waals surface area (Å²) in [5, 5.41) is 10.9. The molecule has 1 saturated carbocycles. The molecule has 1 aromatic rings. The minimum Gasteiger partial charge on any atom is -0.336 e. The second-order valence-electron chi connectivity index (χ2n) is 4.37. The maximum Gasteiger partial charge on any atom is 0.271 e. The lowest BCUT2D eigenvalue weighted by atomic mass is 10.1. The zero-order valence-electron chi connectivity index (χ0n) is 10.2. The van der Waals surface area contributed by atoms with E-state index in [0.29, 0.717) is 6.54 Å². The smallest absolute Gasteiger partial charge is 0.271 e. The SMILES string of the molecule is CCN(C(=O)c1cc([N+](=O)[O-])cc(Cl)c1Cl)C1CC1. The lowest BCUT2D eigenvalue weighted by Crippen LogP contribution is -2.33. The Morgan fingerprint density at radius 1 is 1.47 bits per heavy atom. The molecule has 0 aliphatic heterocycles. The van der Waals surface area contributed by atoms with Gasteiger partial charge >= 0.3 is 0 Å². The molecule has 0 radical (unpaired) electrons. The van der Waals surface area contributed by atoms with Gasteiger partial charge in [0, 0.05) is 24.7 Å². The highest BCUT2D eigenvalue weighted by molar-refractivity contribution is 6.44. The molecule has 0 bridgehead atoms. The summed E-state index contributed by atoms with van der Waals surface area (Å²) >= 11 is 11.8. The Hall–Kier alpha value is -1.33. The average Bonchev–Trinajstić information content (AvgIpc) is 3.17. The van der Waals surface area contributed by atoms with Gasteiger partial charge in [-0.25, -0.2) is 0 Å². The second kappa shape index (κ2) is 5.35. The fourth-order valence-electron chi connectivity index (χ4n) is 1.94. The van der Waals surface area contributed by atoms with Gasteiger partial charge in [-0.1, -0.05) is 23.2 Å². The van der Waals surface area contributed by atoms with Gasteiger partial charge in [0.1, 0.15) is 0 Å². The van der Waals surface area contributed by atoms with Gasteiger partial charge in [-0.15, -0.1) is 0 Å². The number of benzene rings is 1. The van der Waals surface area contributed by atoms with E-state index < -0.39 is 4.92 Å². The molecular formula is C12H12Cl2N2O3. The Labute approximate surface area is 120 Å². The van der Waals surface area contributed by atoms with Gasteiger partial charge in [0.25, 0.3) is 11.6 Å². The van der Waals surface area contributed by atoms with Crippen molar-refractivity contribution in [3.8, 4) is 0 Å². The van der Waals surface area contributed by atoms with Gasteiger partial charge in [-0.2, -0.15) is 0 Å². The summed E-state index contributed by atoms with van der Waals surface area (Å²) in [6.45, 7) is 2.41. The minimum absolute atomic E-state index is 0.0195. The molecule has 1 aromatic carbocycles. The monoisotopic (exact) mass is 302 g/mol. The van der Waals surface area contributed by atoms with E-state index in [0.717, 1.165) is 18.9 Å². The largest absolute Gasteiger partial charge is 0.336 e. The van der Waals surface area contributed by atoms with Crippen LogP contribution in [0.2, 0.25) is 10.0 Å². The molecule has 0 spiro atoms. The zero-order valence-corrected chi connectivity index (χ0v) is 11.7. The highest BCUT2D eigenvalue weighted by Gasteiger charge is 2.33. The predicted molar refractivity (Wildman–Crippen MR) is 72.8 cm³/mol. The molecule has 102 valence electrons. The van der Waals surface area contributed by atoms with Crippen molar-refractivity contribution in [3.05, 3.63) is 37.9 Å². The molecule has 0 N–H and O–H groups in total. The molecule has 7 heteroatoms. The first-order chi connectivity index (χ1) is 8.95. The number of rotatable bonds is 4. The average molecular weight is 303 g/mol. The highest BCUT2D eigenvalue weighted by atomic mass is 35.5. The van der Waals surface area contributed by atoms with E-state index in [1.807, 2.05) is 6.92 Å². The third-order valence-corrected chi connectivity index (χ3v) is 3.85. The first-order valence-electron chi connectivity index (χ1n) is 5.90. The van der Waals surface area contributed by atoms with E-state index in [1.54, 1.807) is 4.90 Å². The number of non-ortho nitro benzene ring substituents is 1. The Kier molecular flexibility index (Phi) is 3.96. The molecule has 0 unspecified atom stereocenters. The van der Waals surface area contributed by atoms with Crippen molar-refractivity contribution in [3.63, 3.8) is 0 Å². The molecule has 0 atom stereocenters. The zero-order chi connectivity index (χ0) is 14.2. The Bertz CT molecular complexity index is 544. The number of amides is 1. The van der Waals surface area contributed by atoms with Crippen LogP contribution in [0.4, 0.5) is 5.69 Å². The number of halogens is 2. The number of nitro groups is 1. The van der Waals surface area contributed by atoms with Crippen LogP contribution in [0, 0.1) is 10.1 Å². The van der Waals surface area contributed by atoms with Crippen LogP contribution in [-0.2, 0) is 0 Å². The third kappa shape index (κ3) is 2.82.